The van der Waals surface area contributed by atoms with Crippen LogP contribution in [0.2, 0.25) is 0 Å². The molecule has 0 spiro atoms. The molecule has 0 saturated carbocycles. The lowest BCUT2D eigenvalue weighted by molar-refractivity contribution is -0.885. The topological polar surface area (TPSA) is 59.8 Å². The van der Waals surface area contributed by atoms with Gasteiger partial charge in [0.25, 0.3) is 5.91 Å². The van der Waals surface area contributed by atoms with Crippen molar-refractivity contribution in [3.05, 3.63) is 65.5 Å². The second kappa shape index (κ2) is 8.94. The van der Waals surface area contributed by atoms with Crippen LogP contribution in [0.25, 0.3) is 0 Å². The number of quaternary nitrogens is 1. The summed E-state index contributed by atoms with van der Waals surface area (Å²) in [6.07, 6.45) is 0. The molecular weight excluding hydrogens is 323 g/mol. The van der Waals surface area contributed by atoms with E-state index in [2.05, 4.69) is 5.32 Å². The Kier molecular flexibility index (Phi) is 6.65. The van der Waals surface area contributed by atoms with Crippen LogP contribution in [-0.4, -0.2) is 32.1 Å². The molecule has 0 saturated heterocycles. The minimum atomic E-state index is -0.389. The van der Waals surface area contributed by atoms with Crippen LogP contribution in [0.1, 0.15) is 22.8 Å². The third-order valence-corrected chi connectivity index (χ3v) is 3.54. The van der Waals surface area contributed by atoms with Gasteiger partial charge in [-0.3, -0.25) is 4.79 Å². The molecule has 132 valence electrons. The van der Waals surface area contributed by atoms with E-state index in [1.165, 1.54) is 12.1 Å². The van der Waals surface area contributed by atoms with E-state index in [4.69, 9.17) is 4.74 Å². The highest BCUT2D eigenvalue weighted by Crippen LogP contribution is 2.10. The maximum atomic E-state index is 13.2. The normalized spacial score (nSPS) is 11.6. The van der Waals surface area contributed by atoms with Gasteiger partial charge in [0.1, 0.15) is 12.4 Å². The van der Waals surface area contributed by atoms with Gasteiger partial charge in [-0.25, -0.2) is 9.18 Å². The monoisotopic (exact) mass is 345 g/mol. The van der Waals surface area contributed by atoms with Crippen LogP contribution in [0.15, 0.2) is 48.5 Å². The van der Waals surface area contributed by atoms with E-state index < -0.39 is 0 Å². The molecule has 6 heteroatoms. The molecule has 5 nitrogen and oxygen atoms in total. The molecule has 2 aromatic carbocycles. The predicted octanol–water partition coefficient (Wildman–Crippen LogP) is 1.66. The molecule has 1 unspecified atom stereocenters. The van der Waals surface area contributed by atoms with E-state index in [0.29, 0.717) is 24.4 Å². The first kappa shape index (κ1) is 18.6. The van der Waals surface area contributed by atoms with E-state index in [1.54, 1.807) is 37.3 Å². The molecule has 1 amide bonds. The summed E-state index contributed by atoms with van der Waals surface area (Å²) in [6, 6.07) is 12.9. The molecule has 2 rings (SSSR count). The number of halogens is 1. The van der Waals surface area contributed by atoms with Crippen molar-refractivity contribution in [1.29, 1.82) is 0 Å². The maximum absolute atomic E-state index is 13.2. The van der Waals surface area contributed by atoms with Crippen molar-refractivity contribution < 1.29 is 23.6 Å². The molecule has 1 atom stereocenters. The molecule has 0 bridgehead atoms. The predicted molar refractivity (Wildman–Crippen MR) is 92.9 cm³/mol. The van der Waals surface area contributed by atoms with Crippen molar-refractivity contribution in [1.82, 2.24) is 0 Å². The number of hydrogen-bond donors (Lipinski definition) is 2. The zero-order valence-corrected chi connectivity index (χ0v) is 14.3. The van der Waals surface area contributed by atoms with E-state index in [-0.39, 0.29) is 24.2 Å². The number of ether oxygens (including phenoxy) is 1. The number of carbonyl (C=O) groups is 2. The Balaban J connectivity index is 1.86. The van der Waals surface area contributed by atoms with Crippen molar-refractivity contribution in [2.45, 2.75) is 13.5 Å². The number of amides is 1. The fourth-order valence-electron chi connectivity index (χ4n) is 2.44. The van der Waals surface area contributed by atoms with E-state index >= 15 is 0 Å². The molecule has 0 heterocycles. The van der Waals surface area contributed by atoms with Crippen molar-refractivity contribution >= 4 is 17.6 Å². The lowest BCUT2D eigenvalue weighted by atomic mass is 10.2. The molecule has 0 aliphatic rings. The summed E-state index contributed by atoms with van der Waals surface area (Å²) in [5.74, 6) is -0.825. The number of carbonyl (C=O) groups excluding carboxylic acids is 2. The number of anilines is 1. The smallest absolute Gasteiger partial charge is 0.338 e. The van der Waals surface area contributed by atoms with Gasteiger partial charge in [-0.1, -0.05) is 12.1 Å². The molecule has 0 radical (unpaired) electrons. The van der Waals surface area contributed by atoms with Gasteiger partial charge in [0.2, 0.25) is 0 Å². The first-order valence-electron chi connectivity index (χ1n) is 8.10. The second-order valence-corrected chi connectivity index (χ2v) is 5.79. The summed E-state index contributed by atoms with van der Waals surface area (Å²) in [4.78, 5) is 24.6. The number of rotatable bonds is 7. The molecule has 25 heavy (non-hydrogen) atoms. The van der Waals surface area contributed by atoms with Gasteiger partial charge in [-0.05, 0) is 43.3 Å². The van der Waals surface area contributed by atoms with Crippen LogP contribution in [-0.2, 0) is 16.1 Å². The molecule has 0 aliphatic carbocycles. The van der Waals surface area contributed by atoms with E-state index in [9.17, 15) is 14.0 Å². The van der Waals surface area contributed by atoms with Crippen molar-refractivity contribution in [2.75, 3.05) is 25.5 Å². The molecule has 0 aliphatic heterocycles. The number of hydrogen-bond acceptors (Lipinski definition) is 3. The highest BCUT2D eigenvalue weighted by Gasteiger charge is 2.12. The van der Waals surface area contributed by atoms with E-state index in [1.807, 2.05) is 13.1 Å². The van der Waals surface area contributed by atoms with Gasteiger partial charge in [-0.15, -0.1) is 0 Å². The first-order chi connectivity index (χ1) is 12.0. The lowest BCUT2D eigenvalue weighted by Crippen LogP contribution is -3.08. The molecule has 2 aromatic rings. The quantitative estimate of drug-likeness (QED) is 0.751. The summed E-state index contributed by atoms with van der Waals surface area (Å²) in [5, 5.41) is 2.78. The SMILES string of the molecule is CCOC(=O)c1ccc(NC(=O)C[NH+](C)Cc2cccc(F)c2)cc1. The Morgan fingerprint density at radius 2 is 1.88 bits per heavy atom. The van der Waals surface area contributed by atoms with E-state index in [0.717, 1.165) is 10.5 Å². The van der Waals surface area contributed by atoms with Gasteiger partial charge >= 0.3 is 5.97 Å². The Bertz CT molecular complexity index is 732. The van der Waals surface area contributed by atoms with Crippen molar-refractivity contribution in [2.24, 2.45) is 0 Å². The second-order valence-electron chi connectivity index (χ2n) is 5.79. The average molecular weight is 345 g/mol. The summed E-state index contributed by atoms with van der Waals surface area (Å²) in [6.45, 7) is 2.86. The zero-order valence-electron chi connectivity index (χ0n) is 14.3. The van der Waals surface area contributed by atoms with Crippen molar-refractivity contribution in [3.8, 4) is 0 Å². The highest BCUT2D eigenvalue weighted by molar-refractivity contribution is 5.93. The van der Waals surface area contributed by atoms with Crippen LogP contribution < -0.4 is 10.2 Å². The fourth-order valence-corrected chi connectivity index (χ4v) is 2.44. The van der Waals surface area contributed by atoms with Gasteiger partial charge in [0.15, 0.2) is 6.54 Å². The molecule has 0 fully saturated rings. The third-order valence-electron chi connectivity index (χ3n) is 3.54. The largest absolute Gasteiger partial charge is 0.462 e. The van der Waals surface area contributed by atoms with Crippen LogP contribution in [0.4, 0.5) is 10.1 Å². The Morgan fingerprint density at radius 3 is 2.52 bits per heavy atom. The Labute approximate surface area is 146 Å². The van der Waals surface area contributed by atoms with Crippen molar-refractivity contribution in [3.63, 3.8) is 0 Å². The summed E-state index contributed by atoms with van der Waals surface area (Å²) < 4.78 is 18.1. The lowest BCUT2D eigenvalue weighted by Gasteiger charge is -2.14. The van der Waals surface area contributed by atoms with Crippen LogP contribution in [0.5, 0.6) is 0 Å². The molecule has 0 aromatic heterocycles. The zero-order chi connectivity index (χ0) is 18.2. The first-order valence-corrected chi connectivity index (χ1v) is 8.10. The molecule has 2 N–H and O–H groups in total. The Hall–Kier alpha value is -2.73. The van der Waals surface area contributed by atoms with Gasteiger partial charge in [0.05, 0.1) is 19.2 Å². The number of benzene rings is 2. The summed E-state index contributed by atoms with van der Waals surface area (Å²) in [5.41, 5.74) is 1.88. The fraction of sp³-hybridized carbons (Fsp3) is 0.263. The number of likely N-dealkylation sites (N-methyl/N-ethyl adjacent to an activating group) is 1. The highest BCUT2D eigenvalue weighted by atomic mass is 19.1. The molecular formula is C19H22FN2O3+. The van der Waals surface area contributed by atoms with Gasteiger partial charge < -0.3 is 15.0 Å². The minimum Gasteiger partial charge on any atom is -0.462 e. The van der Waals surface area contributed by atoms with Crippen LogP contribution >= 0.6 is 0 Å². The Morgan fingerprint density at radius 1 is 1.16 bits per heavy atom. The minimum absolute atomic E-state index is 0.155. The standard InChI is InChI=1S/C19H21FN2O3/c1-3-25-19(24)15-7-9-17(10-8-15)21-18(23)13-22(2)12-14-5-4-6-16(20)11-14/h4-11H,3,12-13H2,1-2H3,(H,21,23)/p+1. The van der Waals surface area contributed by atoms with Gasteiger partial charge in [0, 0.05) is 11.3 Å². The summed E-state index contributed by atoms with van der Waals surface area (Å²) in [7, 11) is 1.87. The summed E-state index contributed by atoms with van der Waals surface area (Å²) >= 11 is 0. The number of esters is 1. The average Bonchev–Trinajstić information content (AvgIpc) is 2.55. The van der Waals surface area contributed by atoms with Gasteiger partial charge in [-0.2, -0.15) is 0 Å². The number of nitrogens with one attached hydrogen (secondary N) is 2. The third kappa shape index (κ3) is 6.00. The maximum Gasteiger partial charge on any atom is 0.338 e. The van der Waals surface area contributed by atoms with Crippen LogP contribution in [0.3, 0.4) is 0 Å². The van der Waals surface area contributed by atoms with Crippen LogP contribution in [0, 0.1) is 5.82 Å².